The van der Waals surface area contributed by atoms with Crippen LogP contribution in [0.5, 0.6) is 5.75 Å². The molecule has 3 aromatic carbocycles. The molecule has 0 fully saturated rings. The van der Waals surface area contributed by atoms with E-state index in [9.17, 15) is 4.79 Å². The number of carbonyl (C=O) groups excluding carboxylic acids is 1. The monoisotopic (exact) mass is 365 g/mol. The summed E-state index contributed by atoms with van der Waals surface area (Å²) < 4.78 is 11.2. The molecule has 0 aliphatic heterocycles. The number of furan rings is 1. The topological polar surface area (TPSA) is 51.5 Å². The molecule has 26 heavy (non-hydrogen) atoms. The van der Waals surface area contributed by atoms with Crippen molar-refractivity contribution in [1.82, 2.24) is 0 Å². The number of nitrogens with one attached hydrogen (secondary N) is 1. The van der Waals surface area contributed by atoms with Gasteiger partial charge in [-0.3, -0.25) is 4.79 Å². The first kappa shape index (κ1) is 16.5. The fourth-order valence-corrected chi connectivity index (χ4v) is 3.16. The van der Waals surface area contributed by atoms with Crippen LogP contribution in [0.2, 0.25) is 5.02 Å². The van der Waals surface area contributed by atoms with E-state index in [1.807, 2.05) is 49.4 Å². The van der Waals surface area contributed by atoms with Crippen molar-refractivity contribution in [1.29, 1.82) is 0 Å². The lowest BCUT2D eigenvalue weighted by atomic mass is 10.1. The van der Waals surface area contributed by atoms with Gasteiger partial charge in [0.25, 0.3) is 5.91 Å². The number of hydrogen-bond donors (Lipinski definition) is 1. The van der Waals surface area contributed by atoms with Gasteiger partial charge in [0.1, 0.15) is 16.9 Å². The summed E-state index contributed by atoms with van der Waals surface area (Å²) in [5.41, 5.74) is 2.67. The highest BCUT2D eigenvalue weighted by atomic mass is 35.5. The molecule has 0 aliphatic rings. The minimum absolute atomic E-state index is 0.245. The number of anilines is 1. The van der Waals surface area contributed by atoms with E-state index < -0.39 is 0 Å². The second kappa shape index (κ2) is 6.73. The number of halogens is 1. The normalized spacial score (nSPS) is 11.0. The Hall–Kier alpha value is -2.98. The summed E-state index contributed by atoms with van der Waals surface area (Å²) in [6, 6.07) is 18.5. The Morgan fingerprint density at radius 1 is 1.04 bits per heavy atom. The number of benzene rings is 3. The molecular weight excluding hydrogens is 350 g/mol. The number of ether oxygens (including phenoxy) is 1. The van der Waals surface area contributed by atoms with Crippen LogP contribution in [0.4, 0.5) is 5.69 Å². The second-order valence-electron chi connectivity index (χ2n) is 5.84. The van der Waals surface area contributed by atoms with E-state index in [1.165, 1.54) is 0 Å². The van der Waals surface area contributed by atoms with Crippen LogP contribution in [0.25, 0.3) is 21.9 Å². The standard InChI is InChI=1S/C21H16ClNO3/c1-2-25-19-10-7-13(11-17(19)22)21(24)23-14-8-9-16-15-5-3-4-6-18(15)26-20(16)12-14/h3-12H,2H2,1H3,(H,23,24). The molecule has 1 aromatic heterocycles. The summed E-state index contributed by atoms with van der Waals surface area (Å²) in [6.45, 7) is 2.40. The van der Waals surface area contributed by atoms with Crippen LogP contribution >= 0.6 is 11.6 Å². The Bertz CT molecular complexity index is 1120. The molecule has 0 aliphatic carbocycles. The van der Waals surface area contributed by atoms with Crippen molar-refractivity contribution in [3.05, 3.63) is 71.2 Å². The Kier molecular flexibility index (Phi) is 4.27. The molecule has 0 unspecified atom stereocenters. The summed E-state index contributed by atoms with van der Waals surface area (Å²) in [4.78, 5) is 12.5. The fraction of sp³-hybridized carbons (Fsp3) is 0.0952. The molecule has 0 bridgehead atoms. The molecule has 4 aromatic rings. The van der Waals surface area contributed by atoms with E-state index in [-0.39, 0.29) is 5.91 Å². The van der Waals surface area contributed by atoms with Gasteiger partial charge in [-0.05, 0) is 43.3 Å². The van der Waals surface area contributed by atoms with Crippen LogP contribution < -0.4 is 10.1 Å². The first-order chi connectivity index (χ1) is 12.7. The second-order valence-corrected chi connectivity index (χ2v) is 6.25. The molecule has 0 spiro atoms. The van der Waals surface area contributed by atoms with Crippen LogP contribution in [0.15, 0.2) is 65.1 Å². The van der Waals surface area contributed by atoms with E-state index >= 15 is 0 Å². The summed E-state index contributed by atoms with van der Waals surface area (Å²) in [6.07, 6.45) is 0. The first-order valence-corrected chi connectivity index (χ1v) is 8.68. The molecule has 0 atom stereocenters. The maximum absolute atomic E-state index is 12.5. The van der Waals surface area contributed by atoms with Crippen LogP contribution in [-0.4, -0.2) is 12.5 Å². The lowest BCUT2D eigenvalue weighted by molar-refractivity contribution is 0.102. The lowest BCUT2D eigenvalue weighted by Gasteiger charge is -2.08. The van der Waals surface area contributed by atoms with Gasteiger partial charge >= 0.3 is 0 Å². The molecule has 0 saturated carbocycles. The van der Waals surface area contributed by atoms with Crippen LogP contribution in [0.3, 0.4) is 0 Å². The van der Waals surface area contributed by atoms with Crippen molar-refractivity contribution >= 4 is 45.1 Å². The number of amides is 1. The van der Waals surface area contributed by atoms with E-state index in [4.69, 9.17) is 20.8 Å². The molecule has 130 valence electrons. The van der Waals surface area contributed by atoms with Crippen molar-refractivity contribution in [3.8, 4) is 5.75 Å². The third-order valence-electron chi connectivity index (χ3n) is 4.13. The third kappa shape index (κ3) is 3.00. The van der Waals surface area contributed by atoms with Crippen molar-refractivity contribution in [3.63, 3.8) is 0 Å². The quantitative estimate of drug-likeness (QED) is 0.490. The van der Waals surface area contributed by atoms with Gasteiger partial charge in [-0.1, -0.05) is 29.8 Å². The zero-order valence-corrected chi connectivity index (χ0v) is 14.8. The highest BCUT2D eigenvalue weighted by Gasteiger charge is 2.12. The molecular formula is C21H16ClNO3. The van der Waals surface area contributed by atoms with Gasteiger partial charge in [0.05, 0.1) is 11.6 Å². The smallest absolute Gasteiger partial charge is 0.255 e. The maximum Gasteiger partial charge on any atom is 0.255 e. The molecule has 4 rings (SSSR count). The number of rotatable bonds is 4. The third-order valence-corrected chi connectivity index (χ3v) is 4.43. The highest BCUT2D eigenvalue weighted by molar-refractivity contribution is 6.32. The van der Waals surface area contributed by atoms with E-state index in [0.29, 0.717) is 28.6 Å². The Morgan fingerprint density at radius 2 is 1.85 bits per heavy atom. The van der Waals surface area contributed by atoms with Gasteiger partial charge in [-0.2, -0.15) is 0 Å². The maximum atomic E-state index is 12.5. The van der Waals surface area contributed by atoms with E-state index in [1.54, 1.807) is 18.2 Å². The zero-order valence-electron chi connectivity index (χ0n) is 14.1. The molecule has 0 radical (unpaired) electrons. The summed E-state index contributed by atoms with van der Waals surface area (Å²) in [7, 11) is 0. The van der Waals surface area contributed by atoms with Gasteiger partial charge in [0.2, 0.25) is 0 Å². The van der Waals surface area contributed by atoms with Gasteiger partial charge < -0.3 is 14.5 Å². The fourth-order valence-electron chi connectivity index (χ4n) is 2.92. The summed E-state index contributed by atoms with van der Waals surface area (Å²) in [5.74, 6) is 0.319. The number of hydrogen-bond acceptors (Lipinski definition) is 3. The molecule has 1 heterocycles. The van der Waals surface area contributed by atoms with Crippen LogP contribution in [0.1, 0.15) is 17.3 Å². The minimum Gasteiger partial charge on any atom is -0.492 e. The average Bonchev–Trinajstić information content (AvgIpc) is 3.01. The Balaban J connectivity index is 1.61. The van der Waals surface area contributed by atoms with E-state index in [0.717, 1.165) is 21.9 Å². The molecule has 1 amide bonds. The molecule has 5 heteroatoms. The average molecular weight is 366 g/mol. The molecule has 1 N–H and O–H groups in total. The number of fused-ring (bicyclic) bond motifs is 3. The summed E-state index contributed by atoms with van der Waals surface area (Å²) in [5, 5.41) is 5.36. The van der Waals surface area contributed by atoms with Crippen LogP contribution in [-0.2, 0) is 0 Å². The van der Waals surface area contributed by atoms with Crippen molar-refractivity contribution < 1.29 is 13.9 Å². The summed E-state index contributed by atoms with van der Waals surface area (Å²) >= 11 is 6.16. The van der Waals surface area contributed by atoms with Gasteiger partial charge in [-0.15, -0.1) is 0 Å². The largest absolute Gasteiger partial charge is 0.492 e. The van der Waals surface area contributed by atoms with Crippen molar-refractivity contribution in [2.24, 2.45) is 0 Å². The highest BCUT2D eigenvalue weighted by Crippen LogP contribution is 2.31. The van der Waals surface area contributed by atoms with Crippen molar-refractivity contribution in [2.45, 2.75) is 6.92 Å². The Labute approximate surface area is 155 Å². The van der Waals surface area contributed by atoms with Crippen molar-refractivity contribution in [2.75, 3.05) is 11.9 Å². The van der Waals surface area contributed by atoms with Gasteiger partial charge in [-0.25, -0.2) is 0 Å². The van der Waals surface area contributed by atoms with Crippen LogP contribution in [0, 0.1) is 0 Å². The van der Waals surface area contributed by atoms with E-state index in [2.05, 4.69) is 5.32 Å². The Morgan fingerprint density at radius 3 is 2.65 bits per heavy atom. The predicted octanol–water partition coefficient (Wildman–Crippen LogP) is 5.89. The SMILES string of the molecule is CCOc1ccc(C(=O)Nc2ccc3c(c2)oc2ccccc23)cc1Cl. The first-order valence-electron chi connectivity index (χ1n) is 8.30. The lowest BCUT2D eigenvalue weighted by Crippen LogP contribution is -2.11. The number of carbonyl (C=O) groups is 1. The predicted molar refractivity (Wildman–Crippen MR) is 104 cm³/mol. The minimum atomic E-state index is -0.245. The number of para-hydroxylation sites is 1. The molecule has 0 saturated heterocycles. The molecule has 4 nitrogen and oxygen atoms in total. The van der Waals surface area contributed by atoms with Gasteiger partial charge in [0, 0.05) is 28.1 Å². The van der Waals surface area contributed by atoms with Gasteiger partial charge in [0.15, 0.2) is 0 Å². The zero-order chi connectivity index (χ0) is 18.1.